The average molecular weight is 516 g/mol. The summed E-state index contributed by atoms with van der Waals surface area (Å²) in [4.78, 5) is 12.5. The Morgan fingerprint density at radius 2 is 1.65 bits per heavy atom. The summed E-state index contributed by atoms with van der Waals surface area (Å²) in [6.07, 6.45) is 2.57. The Hall–Kier alpha value is -4.17. The normalized spacial score (nSPS) is 11.5. The van der Waals surface area contributed by atoms with Gasteiger partial charge in [0.2, 0.25) is 10.0 Å². The molecular formula is C29H29N3O4S. The van der Waals surface area contributed by atoms with Crippen LogP contribution >= 0.6 is 0 Å². The number of amides is 1. The molecule has 1 N–H and O–H groups in total. The first kappa shape index (κ1) is 25.9. The first-order valence-corrected chi connectivity index (χ1v) is 13.6. The Balaban J connectivity index is 1.35. The first-order chi connectivity index (χ1) is 17.7. The summed E-state index contributed by atoms with van der Waals surface area (Å²) in [5, 5.41) is 6.32. The van der Waals surface area contributed by atoms with Gasteiger partial charge in [-0.25, -0.2) is 13.8 Å². The minimum atomic E-state index is -3.67. The van der Waals surface area contributed by atoms with Crippen LogP contribution in [-0.2, 0) is 21.4 Å². The van der Waals surface area contributed by atoms with Crippen LogP contribution in [0.5, 0.6) is 5.75 Å². The fourth-order valence-corrected chi connectivity index (χ4v) is 4.87. The molecular weight excluding hydrogens is 486 g/mol. The van der Waals surface area contributed by atoms with Gasteiger partial charge in [0.15, 0.2) is 0 Å². The number of hydrazone groups is 1. The molecule has 0 aliphatic rings. The van der Waals surface area contributed by atoms with E-state index in [-0.39, 0.29) is 6.54 Å². The Labute approximate surface area is 217 Å². The largest absolute Gasteiger partial charge is 0.489 e. The molecule has 1 amide bonds. The quantitative estimate of drug-likeness (QED) is 0.252. The molecule has 0 aliphatic carbocycles. The smallest absolute Gasteiger partial charge is 0.260 e. The van der Waals surface area contributed by atoms with Crippen molar-refractivity contribution in [1.29, 1.82) is 0 Å². The summed E-state index contributed by atoms with van der Waals surface area (Å²) in [6.45, 7) is 3.79. The minimum absolute atomic E-state index is 0.374. The van der Waals surface area contributed by atoms with E-state index < -0.39 is 15.9 Å². The average Bonchev–Trinajstić information content (AvgIpc) is 2.88. The highest BCUT2D eigenvalue weighted by Crippen LogP contribution is 2.25. The number of sulfonamides is 1. The van der Waals surface area contributed by atoms with Crippen LogP contribution in [-0.4, -0.2) is 33.3 Å². The lowest BCUT2D eigenvalue weighted by Gasteiger charge is -2.23. The van der Waals surface area contributed by atoms with Crippen molar-refractivity contribution in [1.82, 2.24) is 5.43 Å². The molecule has 0 bridgehead atoms. The number of nitrogens with one attached hydrogen (secondary N) is 1. The Kier molecular flexibility index (Phi) is 7.89. The summed E-state index contributed by atoms with van der Waals surface area (Å²) in [7, 11) is -3.67. The maximum absolute atomic E-state index is 12.5. The van der Waals surface area contributed by atoms with E-state index in [2.05, 4.69) is 34.8 Å². The van der Waals surface area contributed by atoms with E-state index in [0.717, 1.165) is 38.2 Å². The molecule has 7 nitrogen and oxygen atoms in total. The van der Waals surface area contributed by atoms with Gasteiger partial charge in [0.25, 0.3) is 5.91 Å². The van der Waals surface area contributed by atoms with E-state index >= 15 is 0 Å². The van der Waals surface area contributed by atoms with Crippen molar-refractivity contribution in [3.63, 3.8) is 0 Å². The SMILES string of the molecule is Cc1cccc(N(CC(=O)N/N=C\c2ccc(OCc3cccc4ccccc34)cc2)S(C)(=O)=O)c1C. The van der Waals surface area contributed by atoms with Crippen molar-refractivity contribution < 1.29 is 17.9 Å². The lowest BCUT2D eigenvalue weighted by atomic mass is 10.1. The standard InChI is InChI=1S/C29H29N3O4S/c1-21-8-6-13-28(22(21)2)32(37(3,34)35)19-29(33)31-30-18-23-14-16-26(17-15-23)36-20-25-11-7-10-24-9-4-5-12-27(24)25/h4-18H,19-20H2,1-3H3,(H,31,33)/b30-18-. The van der Waals surface area contributed by atoms with Crippen molar-refractivity contribution in [2.24, 2.45) is 5.10 Å². The van der Waals surface area contributed by atoms with Gasteiger partial charge in [-0.15, -0.1) is 0 Å². The van der Waals surface area contributed by atoms with Crippen LogP contribution in [0.4, 0.5) is 5.69 Å². The molecule has 0 unspecified atom stereocenters. The maximum Gasteiger partial charge on any atom is 0.260 e. The summed E-state index contributed by atoms with van der Waals surface area (Å²) in [6, 6.07) is 27.0. The highest BCUT2D eigenvalue weighted by Gasteiger charge is 2.22. The number of anilines is 1. The zero-order valence-electron chi connectivity index (χ0n) is 21.0. The van der Waals surface area contributed by atoms with E-state index in [4.69, 9.17) is 4.74 Å². The maximum atomic E-state index is 12.5. The Bertz CT molecular complexity index is 1540. The molecule has 0 saturated carbocycles. The van der Waals surface area contributed by atoms with Gasteiger partial charge < -0.3 is 4.74 Å². The van der Waals surface area contributed by atoms with Crippen LogP contribution in [0, 0.1) is 13.8 Å². The molecule has 190 valence electrons. The third-order valence-electron chi connectivity index (χ3n) is 6.09. The monoisotopic (exact) mass is 515 g/mol. The molecule has 0 aliphatic heterocycles. The van der Waals surface area contributed by atoms with Crippen LogP contribution < -0.4 is 14.5 Å². The number of fused-ring (bicyclic) bond motifs is 1. The van der Waals surface area contributed by atoms with E-state index in [0.29, 0.717) is 18.0 Å². The number of ether oxygens (including phenoxy) is 1. The van der Waals surface area contributed by atoms with Crippen LogP contribution in [0.3, 0.4) is 0 Å². The van der Waals surface area contributed by atoms with E-state index in [1.54, 1.807) is 12.1 Å². The molecule has 4 aromatic rings. The zero-order valence-corrected chi connectivity index (χ0v) is 21.8. The van der Waals surface area contributed by atoms with Crippen molar-refractivity contribution in [3.8, 4) is 5.75 Å². The highest BCUT2D eigenvalue weighted by atomic mass is 32.2. The van der Waals surface area contributed by atoms with E-state index in [1.165, 1.54) is 11.6 Å². The lowest BCUT2D eigenvalue weighted by molar-refractivity contribution is -0.119. The van der Waals surface area contributed by atoms with Crippen molar-refractivity contribution >= 4 is 38.6 Å². The van der Waals surface area contributed by atoms with Crippen LogP contribution in [0.15, 0.2) is 90.0 Å². The predicted molar refractivity (Wildman–Crippen MR) is 149 cm³/mol. The van der Waals surface area contributed by atoms with Crippen LogP contribution in [0.25, 0.3) is 10.8 Å². The van der Waals surface area contributed by atoms with Crippen molar-refractivity contribution in [2.45, 2.75) is 20.5 Å². The molecule has 0 saturated heterocycles. The van der Waals surface area contributed by atoms with Gasteiger partial charge >= 0.3 is 0 Å². The molecule has 4 rings (SSSR count). The summed E-state index contributed by atoms with van der Waals surface area (Å²) in [5.41, 5.74) is 6.48. The van der Waals surface area contributed by atoms with Gasteiger partial charge in [0.05, 0.1) is 18.2 Å². The molecule has 0 fully saturated rings. The van der Waals surface area contributed by atoms with Gasteiger partial charge in [0, 0.05) is 0 Å². The molecule has 0 radical (unpaired) electrons. The molecule has 0 spiro atoms. The van der Waals surface area contributed by atoms with E-state index in [9.17, 15) is 13.2 Å². The second-order valence-corrected chi connectivity index (χ2v) is 10.7. The number of aryl methyl sites for hydroxylation is 1. The number of hydrogen-bond donors (Lipinski definition) is 1. The minimum Gasteiger partial charge on any atom is -0.489 e. The Morgan fingerprint density at radius 1 is 0.946 bits per heavy atom. The third-order valence-corrected chi connectivity index (χ3v) is 7.22. The number of benzene rings is 4. The summed E-state index contributed by atoms with van der Waals surface area (Å²) >= 11 is 0. The molecule has 0 aromatic heterocycles. The molecule has 0 atom stereocenters. The molecule has 0 heterocycles. The first-order valence-electron chi connectivity index (χ1n) is 11.8. The van der Waals surface area contributed by atoms with Crippen LogP contribution in [0.1, 0.15) is 22.3 Å². The fourth-order valence-electron chi connectivity index (χ4n) is 3.96. The van der Waals surface area contributed by atoms with Gasteiger partial charge in [0.1, 0.15) is 18.9 Å². The number of rotatable bonds is 9. The number of carbonyl (C=O) groups excluding carboxylic acids is 1. The second-order valence-electron chi connectivity index (χ2n) is 8.78. The highest BCUT2D eigenvalue weighted by molar-refractivity contribution is 7.92. The summed E-state index contributed by atoms with van der Waals surface area (Å²) < 4.78 is 31.8. The number of hydrogen-bond acceptors (Lipinski definition) is 5. The van der Waals surface area contributed by atoms with Gasteiger partial charge in [-0.05, 0) is 77.2 Å². The fraction of sp³-hybridized carbons (Fsp3) is 0.172. The molecule has 8 heteroatoms. The number of nitrogens with zero attached hydrogens (tertiary/aromatic N) is 2. The van der Waals surface area contributed by atoms with Gasteiger partial charge in [-0.1, -0.05) is 54.6 Å². The topological polar surface area (TPSA) is 88.1 Å². The predicted octanol–water partition coefficient (Wildman–Crippen LogP) is 4.95. The summed E-state index contributed by atoms with van der Waals surface area (Å²) in [5.74, 6) is 0.170. The van der Waals surface area contributed by atoms with Gasteiger partial charge in [-0.2, -0.15) is 5.10 Å². The second kappa shape index (κ2) is 11.3. The van der Waals surface area contributed by atoms with E-state index in [1.807, 2.05) is 62.4 Å². The lowest BCUT2D eigenvalue weighted by Crippen LogP contribution is -2.39. The number of carbonyl (C=O) groups is 1. The Morgan fingerprint density at radius 3 is 2.41 bits per heavy atom. The van der Waals surface area contributed by atoms with Crippen molar-refractivity contribution in [3.05, 3.63) is 107 Å². The molecule has 37 heavy (non-hydrogen) atoms. The zero-order chi connectivity index (χ0) is 26.4. The van der Waals surface area contributed by atoms with Gasteiger partial charge in [-0.3, -0.25) is 9.10 Å². The van der Waals surface area contributed by atoms with Crippen LogP contribution in [0.2, 0.25) is 0 Å². The van der Waals surface area contributed by atoms with Crippen molar-refractivity contribution in [2.75, 3.05) is 17.1 Å². The molecule has 4 aromatic carbocycles. The third kappa shape index (κ3) is 6.54.